The van der Waals surface area contributed by atoms with E-state index >= 15 is 4.39 Å². The molecule has 3 aliphatic heterocycles. The third-order valence-electron chi connectivity index (χ3n) is 5.86. The number of rotatable bonds is 3. The van der Waals surface area contributed by atoms with Crippen LogP contribution in [0.1, 0.15) is 10.4 Å². The van der Waals surface area contributed by atoms with Crippen molar-refractivity contribution in [3.8, 4) is 5.75 Å². The summed E-state index contributed by atoms with van der Waals surface area (Å²) in [6, 6.07) is 1.07. The van der Waals surface area contributed by atoms with Crippen molar-refractivity contribution in [3.63, 3.8) is 0 Å². The van der Waals surface area contributed by atoms with Gasteiger partial charge in [-0.1, -0.05) is 0 Å². The van der Waals surface area contributed by atoms with Crippen LogP contribution in [-0.4, -0.2) is 83.9 Å². The number of aliphatic imine (C=N–C) groups is 1. The van der Waals surface area contributed by atoms with Gasteiger partial charge in [-0.3, -0.25) is 24.3 Å². The third-order valence-corrected chi connectivity index (χ3v) is 6.65. The molecule has 1 aromatic heterocycles. The minimum atomic E-state index is -1.38. The first-order valence-electron chi connectivity index (χ1n) is 10.0. The Balaban J connectivity index is 1.53. The van der Waals surface area contributed by atoms with E-state index in [0.717, 1.165) is 6.07 Å². The van der Waals surface area contributed by atoms with E-state index in [4.69, 9.17) is 4.74 Å². The Labute approximate surface area is 185 Å². The monoisotopic (exact) mass is 461 g/mol. The summed E-state index contributed by atoms with van der Waals surface area (Å²) in [4.78, 5) is 44.6. The van der Waals surface area contributed by atoms with Crippen molar-refractivity contribution in [1.29, 1.82) is 0 Å². The van der Waals surface area contributed by atoms with E-state index in [1.807, 2.05) is 0 Å². The Bertz CT molecular complexity index is 1240. The van der Waals surface area contributed by atoms with E-state index in [9.17, 15) is 19.5 Å². The number of halogens is 1. The fourth-order valence-corrected chi connectivity index (χ4v) is 4.97. The molecule has 1 amide bonds. The molecule has 0 unspecified atom stereocenters. The van der Waals surface area contributed by atoms with Crippen LogP contribution in [0.5, 0.6) is 5.75 Å². The first-order valence-corrected chi connectivity index (χ1v) is 11.2. The Morgan fingerprint density at radius 3 is 2.66 bits per heavy atom. The zero-order chi connectivity index (χ0) is 22.6. The average molecular weight is 461 g/mol. The van der Waals surface area contributed by atoms with E-state index in [0.29, 0.717) is 49.0 Å². The van der Waals surface area contributed by atoms with Crippen LogP contribution in [0.3, 0.4) is 0 Å². The van der Waals surface area contributed by atoms with Gasteiger partial charge in [-0.15, -0.1) is 11.8 Å². The molecule has 32 heavy (non-hydrogen) atoms. The summed E-state index contributed by atoms with van der Waals surface area (Å²) in [6.45, 7) is 1.64. The quantitative estimate of drug-likeness (QED) is 0.706. The Morgan fingerprint density at radius 1 is 1.25 bits per heavy atom. The van der Waals surface area contributed by atoms with Crippen LogP contribution >= 0.6 is 11.8 Å². The molecule has 2 aromatic rings. The molecular weight excluding hydrogens is 441 g/mol. The Hall–Kier alpha value is -3.28. The molecule has 0 bridgehead atoms. The molecule has 168 valence electrons. The summed E-state index contributed by atoms with van der Waals surface area (Å²) in [6.07, 6.45) is 1.23. The Morgan fingerprint density at radius 2 is 2.00 bits per heavy atom. The number of carbonyl (C=O) groups is 2. The van der Waals surface area contributed by atoms with Gasteiger partial charge in [0.2, 0.25) is 5.43 Å². The second-order valence-corrected chi connectivity index (χ2v) is 8.70. The van der Waals surface area contributed by atoms with Crippen molar-refractivity contribution in [2.45, 2.75) is 0 Å². The lowest BCUT2D eigenvalue weighted by Gasteiger charge is -2.38. The van der Waals surface area contributed by atoms with Gasteiger partial charge >= 0.3 is 5.97 Å². The van der Waals surface area contributed by atoms with Crippen LogP contribution in [0.2, 0.25) is 0 Å². The summed E-state index contributed by atoms with van der Waals surface area (Å²) >= 11 is 1.60. The number of benzene rings is 1. The first kappa shape index (κ1) is 20.6. The summed E-state index contributed by atoms with van der Waals surface area (Å²) in [5.41, 5.74) is -0.104. The summed E-state index contributed by atoms with van der Waals surface area (Å²) in [7, 11) is 1.68. The number of pyridine rings is 1. The number of piperazine rings is 1. The second-order valence-electron chi connectivity index (χ2n) is 7.75. The van der Waals surface area contributed by atoms with E-state index in [-0.39, 0.29) is 29.5 Å². The van der Waals surface area contributed by atoms with Gasteiger partial charge in [0.1, 0.15) is 22.5 Å². The highest BCUT2D eigenvalue weighted by atomic mass is 32.2. The zero-order valence-electron chi connectivity index (χ0n) is 17.2. The largest absolute Gasteiger partial charge is 0.477 e. The molecule has 1 saturated heterocycles. The number of aromatic carboxylic acids is 1. The average Bonchev–Trinajstić information content (AvgIpc) is 3.32. The number of anilines is 1. The number of amides is 1. The third kappa shape index (κ3) is 3.17. The molecule has 0 saturated carbocycles. The van der Waals surface area contributed by atoms with E-state index in [1.165, 1.54) is 10.9 Å². The van der Waals surface area contributed by atoms with E-state index in [1.54, 1.807) is 33.6 Å². The minimum Gasteiger partial charge on any atom is -0.477 e. The topological polar surface area (TPSA) is 108 Å². The van der Waals surface area contributed by atoms with Crippen molar-refractivity contribution in [2.75, 3.05) is 61.5 Å². The highest BCUT2D eigenvalue weighted by molar-refractivity contribution is 8.00. The standard InChI is InChI=1S/C20H20FN5O5S/c1-23-10-31-18-15-11(17(27)12(20(29)30)7-26(15)23)6-13(21)16(18)24-2-4-25(5-3-24)19(28)14-8-32-9-22-14/h6-7H,2-5,8-10H2,1H3,(H,29,30). The van der Waals surface area contributed by atoms with Crippen LogP contribution in [0, 0.1) is 5.82 Å². The predicted molar refractivity (Wildman–Crippen MR) is 118 cm³/mol. The normalized spacial score (nSPS) is 18.1. The van der Waals surface area contributed by atoms with Crippen LogP contribution in [-0.2, 0) is 4.79 Å². The number of carbonyl (C=O) groups excluding carboxylic acids is 1. The summed E-state index contributed by atoms with van der Waals surface area (Å²) in [5, 5.41) is 10.9. The molecule has 3 aliphatic rings. The molecule has 1 fully saturated rings. The number of carboxylic acid groups (broad SMARTS) is 1. The summed E-state index contributed by atoms with van der Waals surface area (Å²) in [5.74, 6) is -0.715. The smallest absolute Gasteiger partial charge is 0.341 e. The van der Waals surface area contributed by atoms with Gasteiger partial charge in [-0.2, -0.15) is 0 Å². The van der Waals surface area contributed by atoms with E-state index in [2.05, 4.69) is 4.99 Å². The van der Waals surface area contributed by atoms with Crippen LogP contribution in [0.4, 0.5) is 10.1 Å². The lowest BCUT2D eigenvalue weighted by molar-refractivity contribution is -0.124. The summed E-state index contributed by atoms with van der Waals surface area (Å²) < 4.78 is 22.6. The van der Waals surface area contributed by atoms with Gasteiger partial charge in [0, 0.05) is 45.2 Å². The van der Waals surface area contributed by atoms with Gasteiger partial charge in [0.25, 0.3) is 5.91 Å². The van der Waals surface area contributed by atoms with Crippen LogP contribution in [0.25, 0.3) is 10.9 Å². The first-order chi connectivity index (χ1) is 15.4. The van der Waals surface area contributed by atoms with Gasteiger partial charge in [0.05, 0.1) is 11.3 Å². The lowest BCUT2D eigenvalue weighted by atomic mass is 10.1. The number of hydrogen-bond donors (Lipinski definition) is 1. The number of carboxylic acids is 1. The van der Waals surface area contributed by atoms with Gasteiger partial charge in [0.15, 0.2) is 18.3 Å². The van der Waals surface area contributed by atoms with Gasteiger partial charge < -0.3 is 19.6 Å². The van der Waals surface area contributed by atoms with Crippen molar-refractivity contribution < 1.29 is 23.8 Å². The minimum absolute atomic E-state index is 0.0520. The fourth-order valence-electron chi connectivity index (χ4n) is 4.23. The Kier molecular flexibility index (Phi) is 4.96. The molecule has 1 aromatic carbocycles. The SMILES string of the molecule is CN1COc2c(N3CCN(C(=O)C4=NCSC4)CC3)c(F)cc3c(=O)c(C(=O)O)cn1c23. The second kappa shape index (κ2) is 7.69. The maximum Gasteiger partial charge on any atom is 0.341 e. The number of hydrogen-bond acceptors (Lipinski definition) is 8. The molecule has 10 nitrogen and oxygen atoms in total. The lowest BCUT2D eigenvalue weighted by Crippen LogP contribution is -2.51. The molecule has 0 radical (unpaired) electrons. The van der Waals surface area contributed by atoms with Crippen molar-refractivity contribution in [2.24, 2.45) is 4.99 Å². The van der Waals surface area contributed by atoms with Crippen molar-refractivity contribution in [1.82, 2.24) is 9.58 Å². The molecule has 0 aliphatic carbocycles. The highest BCUT2D eigenvalue weighted by Crippen LogP contribution is 2.40. The van der Waals surface area contributed by atoms with Crippen LogP contribution < -0.4 is 20.1 Å². The molecule has 12 heteroatoms. The number of ether oxygens (including phenoxy) is 1. The predicted octanol–water partition coefficient (Wildman–Crippen LogP) is 0.550. The maximum atomic E-state index is 15.3. The number of nitrogens with zero attached hydrogens (tertiary/aromatic N) is 5. The van der Waals surface area contributed by atoms with Crippen molar-refractivity contribution >= 4 is 45.9 Å². The maximum absolute atomic E-state index is 15.3. The number of thioether (sulfide) groups is 1. The van der Waals surface area contributed by atoms with Gasteiger partial charge in [-0.25, -0.2) is 9.18 Å². The van der Waals surface area contributed by atoms with E-state index < -0.39 is 22.8 Å². The molecule has 4 heterocycles. The van der Waals surface area contributed by atoms with Crippen LogP contribution in [0.15, 0.2) is 22.1 Å². The molecule has 5 rings (SSSR count). The van der Waals surface area contributed by atoms with Gasteiger partial charge in [-0.05, 0) is 6.07 Å². The zero-order valence-corrected chi connectivity index (χ0v) is 18.0. The molecule has 1 N–H and O–H groups in total. The fraction of sp³-hybridized carbons (Fsp3) is 0.400. The molecule has 0 spiro atoms. The molecular formula is C20H20FN5O5S. The highest BCUT2D eigenvalue weighted by Gasteiger charge is 2.32. The molecule has 0 atom stereocenters. The number of aromatic nitrogens is 1. The van der Waals surface area contributed by atoms with Crippen molar-refractivity contribution in [3.05, 3.63) is 33.9 Å².